The molecule has 3 rings (SSSR count). The van der Waals surface area contributed by atoms with Gasteiger partial charge in [-0.2, -0.15) is 0 Å². The largest absolute Gasteiger partial charge is 0.356 e. The fourth-order valence-electron chi connectivity index (χ4n) is 2.94. The van der Waals surface area contributed by atoms with E-state index in [9.17, 15) is 4.79 Å². The van der Waals surface area contributed by atoms with Crippen LogP contribution in [0.1, 0.15) is 42.8 Å². The van der Waals surface area contributed by atoms with Gasteiger partial charge in [-0.25, -0.2) is 4.98 Å². The van der Waals surface area contributed by atoms with E-state index in [2.05, 4.69) is 24.0 Å². The number of carbonyl (C=O) groups is 1. The molecule has 1 aliphatic heterocycles. The van der Waals surface area contributed by atoms with Crippen molar-refractivity contribution in [1.82, 2.24) is 4.98 Å². The van der Waals surface area contributed by atoms with Crippen LogP contribution in [0.15, 0.2) is 18.2 Å². The van der Waals surface area contributed by atoms with E-state index in [0.717, 1.165) is 39.9 Å². The number of anilines is 1. The van der Waals surface area contributed by atoms with Gasteiger partial charge < -0.3 is 4.90 Å². The molecule has 0 aromatic carbocycles. The molecular formula is C16H20N2OS. The summed E-state index contributed by atoms with van der Waals surface area (Å²) >= 11 is 1.50. The first-order valence-corrected chi connectivity index (χ1v) is 8.15. The van der Waals surface area contributed by atoms with Gasteiger partial charge in [0, 0.05) is 18.5 Å². The zero-order valence-corrected chi connectivity index (χ0v) is 12.9. The van der Waals surface area contributed by atoms with Crippen LogP contribution in [0.5, 0.6) is 0 Å². The summed E-state index contributed by atoms with van der Waals surface area (Å²) in [5.41, 5.74) is 0. The molecule has 0 N–H and O–H groups in total. The number of ketones is 1. The molecule has 2 aromatic heterocycles. The van der Waals surface area contributed by atoms with Gasteiger partial charge in [-0.3, -0.25) is 4.79 Å². The lowest BCUT2D eigenvalue weighted by Gasteiger charge is -2.17. The Hall–Kier alpha value is -1.42. The molecular weight excluding hydrogens is 268 g/mol. The fraction of sp³-hybridized carbons (Fsp3) is 0.500. The molecule has 0 amide bonds. The number of nitrogens with zero attached hydrogens (tertiary/aromatic N) is 2. The highest BCUT2D eigenvalue weighted by atomic mass is 32.1. The summed E-state index contributed by atoms with van der Waals surface area (Å²) in [6.07, 6.45) is 3.85. The number of Topliss-reactive ketones (excluding diaryl/α,β-unsaturated/α-hetero) is 1. The average molecular weight is 288 g/mol. The summed E-state index contributed by atoms with van der Waals surface area (Å²) in [6.45, 7) is 6.09. The van der Waals surface area contributed by atoms with E-state index in [0.29, 0.717) is 0 Å². The first-order valence-electron chi connectivity index (χ1n) is 7.34. The van der Waals surface area contributed by atoms with Gasteiger partial charge in [-0.1, -0.05) is 13.3 Å². The van der Waals surface area contributed by atoms with E-state index in [1.807, 2.05) is 6.07 Å². The number of rotatable bonds is 4. The van der Waals surface area contributed by atoms with E-state index < -0.39 is 0 Å². The Morgan fingerprint density at radius 1 is 1.50 bits per heavy atom. The second-order valence-corrected chi connectivity index (χ2v) is 6.65. The number of hydrogen-bond donors (Lipinski definition) is 0. The van der Waals surface area contributed by atoms with Crippen molar-refractivity contribution in [2.45, 2.75) is 33.1 Å². The summed E-state index contributed by atoms with van der Waals surface area (Å²) < 4.78 is 0. The highest BCUT2D eigenvalue weighted by molar-refractivity contribution is 7.20. The lowest BCUT2D eigenvalue weighted by atomic mass is 10.0. The summed E-state index contributed by atoms with van der Waals surface area (Å²) in [6, 6.07) is 6.13. The van der Waals surface area contributed by atoms with E-state index in [1.54, 1.807) is 6.92 Å². The van der Waals surface area contributed by atoms with E-state index in [1.165, 1.54) is 30.6 Å². The van der Waals surface area contributed by atoms with Crippen molar-refractivity contribution < 1.29 is 4.79 Å². The van der Waals surface area contributed by atoms with Crippen LogP contribution in [0.4, 0.5) is 5.82 Å². The van der Waals surface area contributed by atoms with Gasteiger partial charge in [0.2, 0.25) is 0 Å². The molecule has 4 heteroatoms. The van der Waals surface area contributed by atoms with Crippen molar-refractivity contribution in [1.29, 1.82) is 0 Å². The lowest BCUT2D eigenvalue weighted by molar-refractivity contribution is 0.102. The Kier molecular flexibility index (Phi) is 3.74. The Labute approximate surface area is 123 Å². The van der Waals surface area contributed by atoms with Crippen LogP contribution in [0.3, 0.4) is 0 Å². The normalized spacial score (nSPS) is 18.9. The number of hydrogen-bond acceptors (Lipinski definition) is 4. The van der Waals surface area contributed by atoms with Crippen LogP contribution < -0.4 is 4.90 Å². The number of pyridine rings is 1. The fourth-order valence-corrected chi connectivity index (χ4v) is 3.86. The molecule has 1 aliphatic rings. The second kappa shape index (κ2) is 5.52. The first-order chi connectivity index (χ1) is 9.67. The molecule has 0 bridgehead atoms. The maximum atomic E-state index is 11.4. The Balaban J connectivity index is 1.84. The monoisotopic (exact) mass is 288 g/mol. The van der Waals surface area contributed by atoms with Gasteiger partial charge in [0.15, 0.2) is 5.78 Å². The van der Waals surface area contributed by atoms with E-state index >= 15 is 0 Å². The standard InChI is InChI=1S/C16H20N2OS/c1-3-4-12-7-8-18(10-12)15-6-5-13-9-14(11(2)19)20-16(13)17-15/h5-6,9,12H,3-4,7-8,10H2,1-2H3/t12-/m0/s1. The third kappa shape index (κ3) is 2.57. The minimum Gasteiger partial charge on any atom is -0.356 e. The molecule has 0 unspecified atom stereocenters. The maximum Gasteiger partial charge on any atom is 0.169 e. The highest BCUT2D eigenvalue weighted by Gasteiger charge is 2.23. The van der Waals surface area contributed by atoms with Crippen LogP contribution in [0.25, 0.3) is 10.2 Å². The van der Waals surface area contributed by atoms with Crippen molar-refractivity contribution in [2.24, 2.45) is 5.92 Å². The van der Waals surface area contributed by atoms with Crippen LogP contribution in [0, 0.1) is 5.92 Å². The Morgan fingerprint density at radius 3 is 3.10 bits per heavy atom. The maximum absolute atomic E-state index is 11.4. The van der Waals surface area contributed by atoms with Crippen LogP contribution in [-0.4, -0.2) is 23.9 Å². The average Bonchev–Trinajstić information content (AvgIpc) is 3.04. The molecule has 0 saturated carbocycles. The highest BCUT2D eigenvalue weighted by Crippen LogP contribution is 2.30. The molecule has 3 nitrogen and oxygen atoms in total. The lowest BCUT2D eigenvalue weighted by Crippen LogP contribution is -2.20. The smallest absolute Gasteiger partial charge is 0.169 e. The molecule has 106 valence electrons. The predicted molar refractivity (Wildman–Crippen MR) is 84.9 cm³/mol. The minimum atomic E-state index is 0.124. The van der Waals surface area contributed by atoms with Crippen LogP contribution in [0.2, 0.25) is 0 Å². The molecule has 0 aliphatic carbocycles. The summed E-state index contributed by atoms with van der Waals surface area (Å²) in [5, 5.41) is 1.08. The molecule has 1 saturated heterocycles. The number of fused-ring (bicyclic) bond motifs is 1. The van der Waals surface area contributed by atoms with Gasteiger partial charge in [0.25, 0.3) is 0 Å². The first kappa shape index (κ1) is 13.6. The minimum absolute atomic E-state index is 0.124. The SMILES string of the molecule is CCC[C@H]1CCN(c2ccc3cc(C(C)=O)sc3n2)C1. The van der Waals surface area contributed by atoms with Crippen molar-refractivity contribution >= 4 is 33.2 Å². The van der Waals surface area contributed by atoms with E-state index in [-0.39, 0.29) is 5.78 Å². The predicted octanol–water partition coefficient (Wildman–Crippen LogP) is 4.13. The molecule has 20 heavy (non-hydrogen) atoms. The molecule has 0 spiro atoms. The number of aromatic nitrogens is 1. The summed E-state index contributed by atoms with van der Waals surface area (Å²) in [5.74, 6) is 2.00. The van der Waals surface area contributed by atoms with Crippen molar-refractivity contribution in [2.75, 3.05) is 18.0 Å². The number of thiophene rings is 1. The molecule has 3 heterocycles. The van der Waals surface area contributed by atoms with Crippen molar-refractivity contribution in [3.8, 4) is 0 Å². The number of carbonyl (C=O) groups excluding carboxylic acids is 1. The third-order valence-corrected chi connectivity index (χ3v) is 5.17. The van der Waals surface area contributed by atoms with Gasteiger partial charge in [-0.05, 0) is 43.9 Å². The van der Waals surface area contributed by atoms with Crippen LogP contribution >= 0.6 is 11.3 Å². The summed E-state index contributed by atoms with van der Waals surface area (Å²) in [4.78, 5) is 20.4. The Morgan fingerprint density at radius 2 is 2.35 bits per heavy atom. The van der Waals surface area contributed by atoms with E-state index in [4.69, 9.17) is 4.98 Å². The van der Waals surface area contributed by atoms with Crippen molar-refractivity contribution in [3.63, 3.8) is 0 Å². The summed E-state index contributed by atoms with van der Waals surface area (Å²) in [7, 11) is 0. The van der Waals surface area contributed by atoms with Gasteiger partial charge in [0.1, 0.15) is 10.6 Å². The Bertz CT molecular complexity index is 634. The second-order valence-electron chi connectivity index (χ2n) is 5.62. The van der Waals surface area contributed by atoms with Gasteiger partial charge in [0.05, 0.1) is 4.88 Å². The quantitative estimate of drug-likeness (QED) is 0.793. The van der Waals surface area contributed by atoms with Crippen LogP contribution in [-0.2, 0) is 0 Å². The molecule has 1 fully saturated rings. The molecule has 0 radical (unpaired) electrons. The zero-order chi connectivity index (χ0) is 14.1. The van der Waals surface area contributed by atoms with Gasteiger partial charge in [-0.15, -0.1) is 11.3 Å². The zero-order valence-electron chi connectivity index (χ0n) is 12.1. The third-order valence-electron chi connectivity index (χ3n) is 4.02. The topological polar surface area (TPSA) is 33.2 Å². The molecule has 2 aromatic rings. The molecule has 1 atom stereocenters. The van der Waals surface area contributed by atoms with Crippen molar-refractivity contribution in [3.05, 3.63) is 23.1 Å². The van der Waals surface area contributed by atoms with Gasteiger partial charge >= 0.3 is 0 Å².